The molecule has 1 heterocycles. The lowest BCUT2D eigenvalue weighted by atomic mass is 9.45. The zero-order valence-corrected chi connectivity index (χ0v) is 23.4. The van der Waals surface area contributed by atoms with E-state index in [4.69, 9.17) is 9.16 Å². The van der Waals surface area contributed by atoms with Crippen molar-refractivity contribution >= 4 is 30.2 Å². The Labute approximate surface area is 199 Å². The number of fused-ring (bicyclic) bond motifs is 2. The molecular formula is C26H43BrO3Si. The molecular weight excluding hydrogens is 468 g/mol. The van der Waals surface area contributed by atoms with Gasteiger partial charge >= 0.3 is 5.97 Å². The summed E-state index contributed by atoms with van der Waals surface area (Å²) in [5, 5.41) is 0.184. The van der Waals surface area contributed by atoms with Gasteiger partial charge in [0, 0.05) is 12.0 Å². The van der Waals surface area contributed by atoms with Crippen molar-refractivity contribution in [3.63, 3.8) is 0 Å². The summed E-state index contributed by atoms with van der Waals surface area (Å²) in [6.07, 6.45) is 10.3. The fourth-order valence-corrected chi connectivity index (χ4v) is 7.96. The van der Waals surface area contributed by atoms with Gasteiger partial charge < -0.3 is 9.16 Å². The molecule has 31 heavy (non-hydrogen) atoms. The summed E-state index contributed by atoms with van der Waals surface area (Å²) in [6, 6.07) is 0. The predicted molar refractivity (Wildman–Crippen MR) is 135 cm³/mol. The smallest absolute Gasteiger partial charge is 0.313 e. The van der Waals surface area contributed by atoms with Crippen molar-refractivity contribution in [2.75, 3.05) is 13.2 Å². The molecule has 0 bridgehead atoms. The highest BCUT2D eigenvalue weighted by molar-refractivity contribution is 9.11. The summed E-state index contributed by atoms with van der Waals surface area (Å²) in [4.78, 5) is 13.3. The summed E-state index contributed by atoms with van der Waals surface area (Å²) in [5.74, 6) is 0.615. The number of rotatable bonds is 5. The first-order valence-electron chi connectivity index (χ1n) is 12.0. The highest BCUT2D eigenvalue weighted by atomic mass is 79.9. The van der Waals surface area contributed by atoms with Crippen molar-refractivity contribution in [1.29, 1.82) is 0 Å². The first-order valence-corrected chi connectivity index (χ1v) is 15.7. The van der Waals surface area contributed by atoms with E-state index in [0.29, 0.717) is 18.9 Å². The summed E-state index contributed by atoms with van der Waals surface area (Å²) in [7, 11) is -1.88. The molecule has 1 spiro atoms. The predicted octanol–water partition coefficient (Wildman–Crippen LogP) is 7.63. The number of hydrogen-bond acceptors (Lipinski definition) is 3. The van der Waals surface area contributed by atoms with Crippen molar-refractivity contribution in [3.8, 4) is 0 Å². The van der Waals surface area contributed by atoms with Crippen LogP contribution < -0.4 is 0 Å². The molecule has 0 N–H and O–H groups in total. The van der Waals surface area contributed by atoms with Gasteiger partial charge in [0.15, 0.2) is 8.32 Å². The molecule has 3 aliphatic rings. The lowest BCUT2D eigenvalue weighted by molar-refractivity contribution is -0.213. The number of carbonyl (C=O) groups is 1. The molecule has 0 radical (unpaired) electrons. The number of esters is 1. The minimum atomic E-state index is -1.88. The van der Waals surface area contributed by atoms with Crippen LogP contribution in [0.25, 0.3) is 0 Å². The summed E-state index contributed by atoms with van der Waals surface area (Å²) in [5.41, 5.74) is -0.385. The van der Waals surface area contributed by atoms with Crippen LogP contribution in [-0.2, 0) is 14.0 Å². The molecule has 1 aliphatic heterocycles. The van der Waals surface area contributed by atoms with Crippen LogP contribution in [0.3, 0.4) is 0 Å². The number of halogens is 1. The van der Waals surface area contributed by atoms with Crippen LogP contribution in [0.1, 0.15) is 73.1 Å². The minimum Gasteiger partial charge on any atom is -0.465 e. The highest BCUT2D eigenvalue weighted by Crippen LogP contribution is 2.64. The first kappa shape index (κ1) is 25.2. The SMILES string of the molecule is C=C(Br)C[C@]12CC=CC[C@H]1[C@@]1(CCCC(C)(C)[C@H]1CO[Si](C)(C)C(C)(C)C)COC2=O. The molecule has 3 nitrogen and oxygen atoms in total. The van der Waals surface area contributed by atoms with Crippen LogP contribution in [0.5, 0.6) is 0 Å². The standard InChI is InChI=1S/C26H43BrO3Si/c1-19(27)16-25-14-10-9-12-20(25)26(18-29-22(25)28)15-11-13-24(5,6)21(26)17-30-31(7,8)23(2,3)4/h9-10,20-21H,1,11-18H2,2-8H3/t20-,21-,25-,26-/m1/s1. The Balaban J connectivity index is 2.04. The summed E-state index contributed by atoms with van der Waals surface area (Å²) < 4.78 is 13.9. The lowest BCUT2D eigenvalue weighted by Gasteiger charge is -2.62. The Bertz CT molecular complexity index is 750. The van der Waals surface area contributed by atoms with E-state index in [2.05, 4.69) is 82.4 Å². The largest absolute Gasteiger partial charge is 0.465 e. The van der Waals surface area contributed by atoms with E-state index in [1.807, 2.05) is 0 Å². The van der Waals surface area contributed by atoms with Crippen molar-refractivity contribution in [2.45, 2.75) is 91.3 Å². The molecule has 176 valence electrons. The van der Waals surface area contributed by atoms with E-state index in [1.54, 1.807) is 0 Å². The lowest BCUT2D eigenvalue weighted by Crippen LogP contribution is -2.63. The monoisotopic (exact) mass is 510 g/mol. The molecule has 0 unspecified atom stereocenters. The van der Waals surface area contributed by atoms with Crippen molar-refractivity contribution in [2.24, 2.45) is 28.1 Å². The maximum Gasteiger partial charge on any atom is 0.313 e. The number of carbonyl (C=O) groups excluding carboxylic acids is 1. The zero-order chi connectivity index (χ0) is 23.3. The number of cyclic esters (lactones) is 1. The molecule has 2 aliphatic carbocycles. The number of ether oxygens (including phenoxy) is 1. The van der Waals surface area contributed by atoms with Gasteiger partial charge in [0.1, 0.15) is 0 Å². The normalized spacial score (nSPS) is 35.5. The Morgan fingerprint density at radius 3 is 2.58 bits per heavy atom. The summed E-state index contributed by atoms with van der Waals surface area (Å²) >= 11 is 3.58. The second kappa shape index (κ2) is 8.43. The molecule has 1 saturated carbocycles. The van der Waals surface area contributed by atoms with Gasteiger partial charge in [-0.1, -0.05) is 75.7 Å². The molecule has 0 aromatic rings. The highest BCUT2D eigenvalue weighted by Gasteiger charge is 2.64. The first-order chi connectivity index (χ1) is 14.2. The van der Waals surface area contributed by atoms with E-state index < -0.39 is 13.7 Å². The van der Waals surface area contributed by atoms with Gasteiger partial charge in [0.2, 0.25) is 0 Å². The Morgan fingerprint density at radius 1 is 1.29 bits per heavy atom. The molecule has 3 rings (SSSR count). The van der Waals surface area contributed by atoms with Gasteiger partial charge in [-0.15, -0.1) is 0 Å². The molecule has 0 aromatic heterocycles. The van der Waals surface area contributed by atoms with Gasteiger partial charge in [-0.2, -0.15) is 0 Å². The van der Waals surface area contributed by atoms with E-state index in [9.17, 15) is 4.79 Å². The van der Waals surface area contributed by atoms with Crippen LogP contribution in [0.15, 0.2) is 23.2 Å². The maximum absolute atomic E-state index is 13.3. The van der Waals surface area contributed by atoms with Gasteiger partial charge in [-0.25, -0.2) is 0 Å². The second-order valence-electron chi connectivity index (χ2n) is 12.6. The molecule has 1 saturated heterocycles. The topological polar surface area (TPSA) is 35.5 Å². The van der Waals surface area contributed by atoms with Crippen LogP contribution in [0.2, 0.25) is 18.1 Å². The van der Waals surface area contributed by atoms with E-state index in [-0.39, 0.29) is 27.8 Å². The molecule has 2 fully saturated rings. The van der Waals surface area contributed by atoms with E-state index >= 15 is 0 Å². The van der Waals surface area contributed by atoms with Gasteiger partial charge in [0.25, 0.3) is 0 Å². The van der Waals surface area contributed by atoms with Gasteiger partial charge in [0.05, 0.1) is 12.0 Å². The Hall–Kier alpha value is -0.393. The minimum absolute atomic E-state index is 0.0273. The Morgan fingerprint density at radius 2 is 1.97 bits per heavy atom. The quantitative estimate of drug-likeness (QED) is 0.216. The molecule has 0 amide bonds. The second-order valence-corrected chi connectivity index (χ2v) is 18.5. The maximum atomic E-state index is 13.3. The van der Waals surface area contributed by atoms with Crippen LogP contribution in [0.4, 0.5) is 0 Å². The van der Waals surface area contributed by atoms with E-state index in [1.165, 1.54) is 12.8 Å². The fourth-order valence-electron chi connectivity index (χ4n) is 6.45. The van der Waals surface area contributed by atoms with Crippen LogP contribution >= 0.6 is 15.9 Å². The van der Waals surface area contributed by atoms with E-state index in [0.717, 1.165) is 30.4 Å². The van der Waals surface area contributed by atoms with Crippen LogP contribution in [-0.4, -0.2) is 27.5 Å². The number of allylic oxidation sites excluding steroid dienone is 3. The van der Waals surface area contributed by atoms with Crippen molar-refractivity contribution in [3.05, 3.63) is 23.2 Å². The van der Waals surface area contributed by atoms with Crippen molar-refractivity contribution in [1.82, 2.24) is 0 Å². The number of hydrogen-bond donors (Lipinski definition) is 0. The third-order valence-electron chi connectivity index (χ3n) is 9.29. The average Bonchev–Trinajstić information content (AvgIpc) is 2.63. The molecule has 0 aromatic carbocycles. The van der Waals surface area contributed by atoms with Gasteiger partial charge in [-0.05, 0) is 72.0 Å². The van der Waals surface area contributed by atoms with Gasteiger partial charge in [-0.3, -0.25) is 4.79 Å². The van der Waals surface area contributed by atoms with Crippen molar-refractivity contribution < 1.29 is 14.0 Å². The summed E-state index contributed by atoms with van der Waals surface area (Å²) in [6.45, 7) is 21.9. The van der Waals surface area contributed by atoms with Crippen LogP contribution in [0, 0.1) is 28.1 Å². The third kappa shape index (κ3) is 4.40. The zero-order valence-electron chi connectivity index (χ0n) is 20.8. The third-order valence-corrected chi connectivity index (χ3v) is 14.1. The molecule has 4 atom stereocenters. The molecule has 5 heteroatoms. The Kier molecular flexibility index (Phi) is 6.86. The fraction of sp³-hybridized carbons (Fsp3) is 0.808. The average molecular weight is 512 g/mol.